The molecule has 0 aliphatic carbocycles. The van der Waals surface area contributed by atoms with Crippen LogP contribution in [-0.2, 0) is 6.42 Å². The molecular weight excluding hydrogens is 313 g/mol. The average Bonchev–Trinajstić information content (AvgIpc) is 2.47. The molecule has 0 saturated heterocycles. The maximum atomic E-state index is 11.4. The van der Waals surface area contributed by atoms with E-state index < -0.39 is 5.97 Å². The number of hydrogen-bond donors (Lipinski definition) is 1. The van der Waals surface area contributed by atoms with Crippen molar-refractivity contribution in [1.29, 1.82) is 0 Å². The first-order chi connectivity index (χ1) is 10.1. The molecule has 112 valence electrons. The third kappa shape index (κ3) is 4.23. The molecule has 2 aromatic rings. The van der Waals surface area contributed by atoms with Crippen LogP contribution in [0, 0.1) is 0 Å². The van der Waals surface area contributed by atoms with Crippen molar-refractivity contribution in [2.75, 3.05) is 6.61 Å². The van der Waals surface area contributed by atoms with Gasteiger partial charge in [0, 0.05) is 16.7 Å². The summed E-state index contributed by atoms with van der Waals surface area (Å²) in [5, 5.41) is 10.0. The Morgan fingerprint density at radius 3 is 2.41 bits per heavy atom. The van der Waals surface area contributed by atoms with Crippen LogP contribution in [0.2, 0.25) is 5.02 Å². The van der Waals surface area contributed by atoms with Gasteiger partial charge in [0.25, 0.3) is 0 Å². The molecule has 4 nitrogen and oxygen atoms in total. The second-order valence-electron chi connectivity index (χ2n) is 4.43. The molecule has 1 aromatic carbocycles. The fraction of sp³-hybridized carbons (Fsp3) is 0.250. The van der Waals surface area contributed by atoms with Gasteiger partial charge in [-0.3, -0.25) is 4.98 Å². The Labute approximate surface area is 156 Å². The van der Waals surface area contributed by atoms with Gasteiger partial charge in [-0.25, -0.2) is 4.79 Å². The summed E-state index contributed by atoms with van der Waals surface area (Å²) < 4.78 is 5.48. The van der Waals surface area contributed by atoms with Gasteiger partial charge in [0.05, 0.1) is 18.0 Å². The Bertz CT molecular complexity index is 659. The van der Waals surface area contributed by atoms with Crippen LogP contribution in [0.4, 0.5) is 0 Å². The number of nitrogens with zero attached hydrogens (tertiary/aromatic N) is 1. The zero-order valence-corrected chi connectivity index (χ0v) is 12.6. The first-order valence-electron chi connectivity index (χ1n) is 6.72. The van der Waals surface area contributed by atoms with Crippen molar-refractivity contribution in [2.45, 2.75) is 20.3 Å². The molecule has 0 atom stereocenters. The van der Waals surface area contributed by atoms with Crippen molar-refractivity contribution in [3.8, 4) is 17.0 Å². The first kappa shape index (κ1) is 19.0. The Kier molecular flexibility index (Phi) is 7.36. The molecule has 2 rings (SSSR count). The van der Waals surface area contributed by atoms with Crippen LogP contribution in [0.3, 0.4) is 0 Å². The van der Waals surface area contributed by atoms with Crippen LogP contribution < -0.4 is 4.74 Å². The third-order valence-corrected chi connectivity index (χ3v) is 3.30. The van der Waals surface area contributed by atoms with Gasteiger partial charge in [0.2, 0.25) is 0 Å². The SMILES string of the molecule is CCOc1cc(-c2ccc(Cl)cc2)nc(CC)c1C(=O)O.[NaH]. The van der Waals surface area contributed by atoms with Crippen molar-refractivity contribution in [3.05, 3.63) is 46.6 Å². The van der Waals surface area contributed by atoms with E-state index in [4.69, 9.17) is 16.3 Å². The standard InChI is InChI=1S/C16H16ClNO3.Na.H/c1-3-12-15(16(19)20)14(21-4-2)9-13(18-12)10-5-7-11(17)8-6-10;;/h5-9H,3-4H2,1-2H3,(H,19,20);;. The monoisotopic (exact) mass is 329 g/mol. The molecule has 0 fully saturated rings. The van der Waals surface area contributed by atoms with E-state index in [2.05, 4.69) is 4.98 Å². The molecule has 1 heterocycles. The number of carboxylic acids is 1. The molecular formula is C16H17ClNNaO3. The topological polar surface area (TPSA) is 59.4 Å². The van der Waals surface area contributed by atoms with Gasteiger partial charge in [-0.15, -0.1) is 0 Å². The zero-order chi connectivity index (χ0) is 15.4. The maximum absolute atomic E-state index is 11.4. The molecule has 0 amide bonds. The van der Waals surface area contributed by atoms with E-state index in [9.17, 15) is 9.90 Å². The van der Waals surface area contributed by atoms with Crippen molar-refractivity contribution >= 4 is 47.1 Å². The van der Waals surface area contributed by atoms with Gasteiger partial charge >= 0.3 is 35.5 Å². The summed E-state index contributed by atoms with van der Waals surface area (Å²) in [6.45, 7) is 4.09. The molecule has 0 spiro atoms. The molecule has 0 radical (unpaired) electrons. The molecule has 0 bridgehead atoms. The molecule has 0 aliphatic rings. The Hall–Kier alpha value is -1.07. The molecule has 22 heavy (non-hydrogen) atoms. The van der Waals surface area contributed by atoms with E-state index in [0.29, 0.717) is 35.2 Å². The molecule has 6 heteroatoms. The Balaban J connectivity index is 0.00000242. The minimum absolute atomic E-state index is 0. The number of aryl methyl sites for hydroxylation is 1. The van der Waals surface area contributed by atoms with Crippen LogP contribution in [0.15, 0.2) is 30.3 Å². The van der Waals surface area contributed by atoms with Gasteiger partial charge in [0.15, 0.2) is 0 Å². The van der Waals surface area contributed by atoms with Crippen molar-refractivity contribution in [3.63, 3.8) is 0 Å². The third-order valence-electron chi connectivity index (χ3n) is 3.05. The van der Waals surface area contributed by atoms with E-state index in [-0.39, 0.29) is 35.1 Å². The number of halogens is 1. The Morgan fingerprint density at radius 1 is 1.27 bits per heavy atom. The second kappa shape index (κ2) is 8.53. The number of aromatic carboxylic acids is 1. The summed E-state index contributed by atoms with van der Waals surface area (Å²) >= 11 is 5.88. The van der Waals surface area contributed by atoms with E-state index in [1.165, 1.54) is 0 Å². The summed E-state index contributed by atoms with van der Waals surface area (Å²) in [6, 6.07) is 8.90. The number of hydrogen-bond acceptors (Lipinski definition) is 3. The summed E-state index contributed by atoms with van der Waals surface area (Å²) in [5.41, 5.74) is 2.19. The number of rotatable bonds is 5. The fourth-order valence-electron chi connectivity index (χ4n) is 2.09. The number of benzene rings is 1. The number of ether oxygens (including phenoxy) is 1. The van der Waals surface area contributed by atoms with Crippen LogP contribution in [0.5, 0.6) is 5.75 Å². The summed E-state index contributed by atoms with van der Waals surface area (Å²) in [5.74, 6) is -0.674. The number of carboxylic acid groups (broad SMARTS) is 1. The van der Waals surface area contributed by atoms with Crippen molar-refractivity contribution in [2.24, 2.45) is 0 Å². The van der Waals surface area contributed by atoms with Gasteiger partial charge < -0.3 is 9.84 Å². The van der Waals surface area contributed by atoms with Gasteiger partial charge in [-0.05, 0) is 25.5 Å². The zero-order valence-electron chi connectivity index (χ0n) is 11.9. The van der Waals surface area contributed by atoms with Gasteiger partial charge in [-0.1, -0.05) is 30.7 Å². The van der Waals surface area contributed by atoms with E-state index in [1.54, 1.807) is 18.2 Å². The molecule has 0 aliphatic heterocycles. The number of carbonyl (C=O) groups is 1. The predicted molar refractivity (Wildman–Crippen MR) is 89.3 cm³/mol. The summed E-state index contributed by atoms with van der Waals surface area (Å²) in [4.78, 5) is 15.9. The fourth-order valence-corrected chi connectivity index (χ4v) is 2.22. The van der Waals surface area contributed by atoms with Gasteiger partial charge in [0.1, 0.15) is 11.3 Å². The van der Waals surface area contributed by atoms with Crippen molar-refractivity contribution in [1.82, 2.24) is 4.98 Å². The number of pyridine rings is 1. The molecule has 0 unspecified atom stereocenters. The molecule has 1 N–H and O–H groups in total. The van der Waals surface area contributed by atoms with Crippen molar-refractivity contribution < 1.29 is 14.6 Å². The van der Waals surface area contributed by atoms with Crippen LogP contribution in [0.1, 0.15) is 29.9 Å². The van der Waals surface area contributed by atoms with Crippen LogP contribution >= 0.6 is 11.6 Å². The summed E-state index contributed by atoms with van der Waals surface area (Å²) in [6.07, 6.45) is 0.517. The van der Waals surface area contributed by atoms with Crippen LogP contribution in [-0.4, -0.2) is 52.2 Å². The minimum atomic E-state index is -1.02. The predicted octanol–water partition coefficient (Wildman–Crippen LogP) is 3.41. The Morgan fingerprint density at radius 2 is 1.91 bits per heavy atom. The average molecular weight is 330 g/mol. The van der Waals surface area contributed by atoms with Crippen LogP contribution in [0.25, 0.3) is 11.3 Å². The summed E-state index contributed by atoms with van der Waals surface area (Å²) in [7, 11) is 0. The van der Waals surface area contributed by atoms with E-state index >= 15 is 0 Å². The molecule has 0 saturated carbocycles. The second-order valence-corrected chi connectivity index (χ2v) is 4.86. The van der Waals surface area contributed by atoms with E-state index in [1.807, 2.05) is 26.0 Å². The quantitative estimate of drug-likeness (QED) is 0.854. The normalized spacial score (nSPS) is 9.95. The molecule has 1 aromatic heterocycles. The van der Waals surface area contributed by atoms with Gasteiger partial charge in [-0.2, -0.15) is 0 Å². The number of aromatic nitrogens is 1. The van der Waals surface area contributed by atoms with E-state index in [0.717, 1.165) is 5.56 Å². The first-order valence-corrected chi connectivity index (χ1v) is 7.10.